The molecule has 0 saturated carbocycles. The number of carbonyl (C=O) groups is 3. The van der Waals surface area contributed by atoms with Gasteiger partial charge in [0.15, 0.2) is 12.1 Å². The predicted octanol–water partition coefficient (Wildman–Crippen LogP) is 11.6. The van der Waals surface area contributed by atoms with Crippen LogP contribution >= 0.6 is 0 Å². The van der Waals surface area contributed by atoms with Gasteiger partial charge in [-0.15, -0.1) is 0 Å². The molecule has 8 heteroatoms. The zero-order valence-electron chi connectivity index (χ0n) is 35.6. The van der Waals surface area contributed by atoms with E-state index >= 15 is 0 Å². The standard InChI is InChI=1S/C47H79NO7/c1-6-8-10-12-14-16-18-20-22-24-25-27-29-31-33-35-37-45(49)54-42-43(41-53-40-39-44(47(51)52)48(3,4)5)55-46(50)38-36-34-32-30-28-26-23-21-19-17-15-13-11-9-7-2/h9,11,13,15,17,19,21-24,26,28,43-44H,6-8,10,12,14,16,18,20,25,27,29-42H2,1-5H3/p+1/b11-9+,15-13+,19-17+,23-21+,24-22+,28-26+. The second-order valence-corrected chi connectivity index (χ2v) is 15.3. The van der Waals surface area contributed by atoms with Gasteiger partial charge in [-0.25, -0.2) is 4.79 Å². The number of aliphatic carboxylic acids is 1. The number of allylic oxidation sites excluding steroid dienone is 12. The molecule has 0 radical (unpaired) electrons. The van der Waals surface area contributed by atoms with Gasteiger partial charge in [0.25, 0.3) is 0 Å². The van der Waals surface area contributed by atoms with Gasteiger partial charge >= 0.3 is 17.9 Å². The average Bonchev–Trinajstić information content (AvgIpc) is 3.14. The van der Waals surface area contributed by atoms with Gasteiger partial charge in [0.05, 0.1) is 34.4 Å². The van der Waals surface area contributed by atoms with E-state index in [1.807, 2.05) is 69.8 Å². The Morgan fingerprint density at radius 2 is 1.04 bits per heavy atom. The van der Waals surface area contributed by atoms with Gasteiger partial charge in [-0.05, 0) is 57.8 Å². The molecule has 0 amide bonds. The monoisotopic (exact) mass is 771 g/mol. The summed E-state index contributed by atoms with van der Waals surface area (Å²) in [6.07, 6.45) is 46.6. The molecule has 0 aliphatic rings. The molecule has 0 aromatic rings. The smallest absolute Gasteiger partial charge is 0.362 e. The molecule has 0 aliphatic heterocycles. The van der Waals surface area contributed by atoms with E-state index in [2.05, 4.69) is 38.2 Å². The second kappa shape index (κ2) is 37.7. The van der Waals surface area contributed by atoms with E-state index in [9.17, 15) is 19.5 Å². The molecule has 8 nitrogen and oxygen atoms in total. The van der Waals surface area contributed by atoms with Crippen LogP contribution in [0.25, 0.3) is 0 Å². The highest BCUT2D eigenvalue weighted by molar-refractivity contribution is 5.72. The maximum absolute atomic E-state index is 12.7. The number of carboxylic acids is 1. The Hall–Kier alpha value is -3.23. The first-order valence-electron chi connectivity index (χ1n) is 21.5. The minimum atomic E-state index is -0.887. The SMILES string of the molecule is CC/C=C/C=C/C=C/C=C/C=C/CCCCCC(=O)OC(COCCC(C(=O)O)[N+](C)(C)C)COC(=O)CCCCCCC/C=C/CCCCCCCCC. The summed E-state index contributed by atoms with van der Waals surface area (Å²) in [6, 6.07) is -0.627. The van der Waals surface area contributed by atoms with Crippen molar-refractivity contribution in [1.82, 2.24) is 0 Å². The molecule has 0 spiro atoms. The summed E-state index contributed by atoms with van der Waals surface area (Å²) < 4.78 is 17.2. The second-order valence-electron chi connectivity index (χ2n) is 15.3. The minimum absolute atomic E-state index is 0.0374. The third-order valence-electron chi connectivity index (χ3n) is 9.22. The van der Waals surface area contributed by atoms with Crippen LogP contribution in [0.5, 0.6) is 0 Å². The number of carbonyl (C=O) groups excluding carboxylic acids is 2. The Kier molecular flexibility index (Phi) is 35.5. The quantitative estimate of drug-likeness (QED) is 0.0221. The van der Waals surface area contributed by atoms with Gasteiger partial charge in [-0.3, -0.25) is 9.59 Å². The van der Waals surface area contributed by atoms with Gasteiger partial charge in [0, 0.05) is 19.3 Å². The van der Waals surface area contributed by atoms with Crippen LogP contribution in [0, 0.1) is 0 Å². The van der Waals surface area contributed by atoms with Gasteiger partial charge in [-0.2, -0.15) is 0 Å². The molecule has 0 bridgehead atoms. The Morgan fingerprint density at radius 3 is 1.58 bits per heavy atom. The van der Waals surface area contributed by atoms with Crippen molar-refractivity contribution in [2.24, 2.45) is 0 Å². The number of hydrogen-bond donors (Lipinski definition) is 1. The van der Waals surface area contributed by atoms with Crippen LogP contribution in [0.3, 0.4) is 0 Å². The lowest BCUT2D eigenvalue weighted by Gasteiger charge is -2.31. The highest BCUT2D eigenvalue weighted by atomic mass is 16.6. The number of ether oxygens (including phenoxy) is 3. The first-order valence-corrected chi connectivity index (χ1v) is 21.5. The first-order chi connectivity index (χ1) is 26.6. The van der Waals surface area contributed by atoms with E-state index in [0.29, 0.717) is 19.3 Å². The topological polar surface area (TPSA) is 99.1 Å². The number of hydrogen-bond acceptors (Lipinski definition) is 6. The van der Waals surface area contributed by atoms with Crippen LogP contribution in [0.2, 0.25) is 0 Å². The van der Waals surface area contributed by atoms with Gasteiger partial charge < -0.3 is 23.8 Å². The van der Waals surface area contributed by atoms with Crippen molar-refractivity contribution in [3.8, 4) is 0 Å². The fourth-order valence-electron chi connectivity index (χ4n) is 5.87. The van der Waals surface area contributed by atoms with Gasteiger partial charge in [-0.1, -0.05) is 151 Å². The third kappa shape index (κ3) is 36.2. The van der Waals surface area contributed by atoms with E-state index in [-0.39, 0.29) is 42.7 Å². The lowest BCUT2D eigenvalue weighted by molar-refractivity contribution is -0.887. The average molecular weight is 771 g/mol. The zero-order valence-corrected chi connectivity index (χ0v) is 35.6. The van der Waals surface area contributed by atoms with Crippen molar-refractivity contribution in [1.29, 1.82) is 0 Å². The molecule has 0 rings (SSSR count). The molecule has 55 heavy (non-hydrogen) atoms. The molecule has 0 aliphatic carbocycles. The highest BCUT2D eigenvalue weighted by Gasteiger charge is 2.31. The van der Waals surface area contributed by atoms with Crippen molar-refractivity contribution in [2.45, 2.75) is 167 Å². The number of rotatable bonds is 37. The maximum Gasteiger partial charge on any atom is 0.362 e. The molecular weight excluding hydrogens is 691 g/mol. The number of unbranched alkanes of at least 4 members (excludes halogenated alkanes) is 15. The van der Waals surface area contributed by atoms with E-state index in [4.69, 9.17) is 14.2 Å². The molecular formula is C47H80NO7+. The third-order valence-corrected chi connectivity index (χ3v) is 9.22. The molecule has 0 saturated heterocycles. The molecule has 0 fully saturated rings. The summed E-state index contributed by atoms with van der Waals surface area (Å²) >= 11 is 0. The largest absolute Gasteiger partial charge is 0.477 e. The maximum atomic E-state index is 12.7. The van der Waals surface area contributed by atoms with Crippen LogP contribution < -0.4 is 0 Å². The van der Waals surface area contributed by atoms with Crippen molar-refractivity contribution in [3.63, 3.8) is 0 Å². The summed E-state index contributed by atoms with van der Waals surface area (Å²) in [6.45, 7) is 4.52. The first kappa shape index (κ1) is 51.8. The van der Waals surface area contributed by atoms with E-state index in [1.54, 1.807) is 0 Å². The zero-order chi connectivity index (χ0) is 40.7. The van der Waals surface area contributed by atoms with Crippen LogP contribution in [0.4, 0.5) is 0 Å². The summed E-state index contributed by atoms with van der Waals surface area (Å²) in [7, 11) is 5.50. The normalized spacial score (nSPS) is 13.7. The van der Waals surface area contributed by atoms with Crippen molar-refractivity contribution in [2.75, 3.05) is 41.0 Å². The lowest BCUT2D eigenvalue weighted by Crippen LogP contribution is -2.50. The molecule has 1 N–H and O–H groups in total. The van der Waals surface area contributed by atoms with Gasteiger partial charge in [0.2, 0.25) is 0 Å². The number of quaternary nitrogens is 1. The summed E-state index contributed by atoms with van der Waals surface area (Å²) in [4.78, 5) is 36.9. The number of likely N-dealkylation sites (N-methyl/N-ethyl adjacent to an activating group) is 1. The molecule has 0 heterocycles. The lowest BCUT2D eigenvalue weighted by atomic mass is 10.1. The highest BCUT2D eigenvalue weighted by Crippen LogP contribution is 2.13. The Morgan fingerprint density at radius 1 is 0.564 bits per heavy atom. The Balaban J connectivity index is 4.46. The van der Waals surface area contributed by atoms with E-state index in [0.717, 1.165) is 57.8 Å². The molecule has 314 valence electrons. The minimum Gasteiger partial charge on any atom is -0.477 e. The van der Waals surface area contributed by atoms with Crippen molar-refractivity contribution in [3.05, 3.63) is 72.9 Å². The fraction of sp³-hybridized carbons (Fsp3) is 0.681. The van der Waals surface area contributed by atoms with Gasteiger partial charge in [0.1, 0.15) is 6.61 Å². The van der Waals surface area contributed by atoms with Crippen LogP contribution in [0.15, 0.2) is 72.9 Å². The Labute approximate surface area is 336 Å². The summed E-state index contributed by atoms with van der Waals surface area (Å²) in [5.74, 6) is -1.54. The molecule has 2 atom stereocenters. The Bertz CT molecular complexity index is 1130. The summed E-state index contributed by atoms with van der Waals surface area (Å²) in [5, 5.41) is 9.61. The number of esters is 2. The summed E-state index contributed by atoms with van der Waals surface area (Å²) in [5.41, 5.74) is 0. The van der Waals surface area contributed by atoms with E-state index < -0.39 is 18.1 Å². The molecule has 0 aromatic heterocycles. The van der Waals surface area contributed by atoms with E-state index in [1.165, 1.54) is 57.8 Å². The fourth-order valence-corrected chi connectivity index (χ4v) is 5.87. The molecule has 0 aromatic carbocycles. The van der Waals surface area contributed by atoms with Crippen LogP contribution in [-0.4, -0.2) is 80.6 Å². The van der Waals surface area contributed by atoms with Crippen molar-refractivity contribution >= 4 is 17.9 Å². The number of carboxylic acid groups (broad SMARTS) is 1. The van der Waals surface area contributed by atoms with Crippen molar-refractivity contribution < 1.29 is 38.2 Å². The van der Waals surface area contributed by atoms with Crippen LogP contribution in [-0.2, 0) is 28.6 Å². The predicted molar refractivity (Wildman–Crippen MR) is 229 cm³/mol. The van der Waals surface area contributed by atoms with Crippen LogP contribution in [0.1, 0.15) is 155 Å². The number of nitrogens with zero attached hydrogens (tertiary/aromatic N) is 1. The molecule has 2 unspecified atom stereocenters.